The highest BCUT2D eigenvalue weighted by molar-refractivity contribution is 5.93. The lowest BCUT2D eigenvalue weighted by Crippen LogP contribution is -2.51. The van der Waals surface area contributed by atoms with Crippen molar-refractivity contribution >= 4 is 17.4 Å². The molecule has 3 aliphatic rings. The predicted octanol–water partition coefficient (Wildman–Crippen LogP) is 4.40. The molecule has 9 heteroatoms. The molecule has 1 N–H and O–H groups in total. The minimum absolute atomic E-state index is 0.00676. The van der Waals surface area contributed by atoms with Gasteiger partial charge in [0.05, 0.1) is 17.3 Å². The molecule has 3 fully saturated rings. The van der Waals surface area contributed by atoms with E-state index >= 15 is 0 Å². The highest BCUT2D eigenvalue weighted by atomic mass is 19.1. The summed E-state index contributed by atoms with van der Waals surface area (Å²) in [7, 11) is 0. The SMILES string of the molecule is CC(C)N1CCN(c2ccccc2NC(=O)N2CC[C@](C)(c3noc([C@@H]4C[C@@H]4F)n3)C[C@@H]2C)CC1. The number of rotatable bonds is 5. The number of carbonyl (C=O) groups is 1. The van der Waals surface area contributed by atoms with Gasteiger partial charge in [0.25, 0.3) is 0 Å². The smallest absolute Gasteiger partial charge is 0.322 e. The van der Waals surface area contributed by atoms with Gasteiger partial charge in [0, 0.05) is 50.2 Å². The quantitative estimate of drug-likeness (QED) is 0.678. The molecule has 1 aromatic carbocycles. The van der Waals surface area contributed by atoms with Gasteiger partial charge in [-0.1, -0.05) is 24.2 Å². The normalized spacial score (nSPS) is 29.5. The van der Waals surface area contributed by atoms with Gasteiger partial charge >= 0.3 is 6.03 Å². The van der Waals surface area contributed by atoms with E-state index in [4.69, 9.17) is 4.52 Å². The van der Waals surface area contributed by atoms with Crippen LogP contribution in [0, 0.1) is 0 Å². The second kappa shape index (κ2) is 9.41. The number of hydrogen-bond acceptors (Lipinski definition) is 6. The van der Waals surface area contributed by atoms with Crippen molar-refractivity contribution in [3.05, 3.63) is 36.0 Å². The summed E-state index contributed by atoms with van der Waals surface area (Å²) in [5, 5.41) is 7.36. The number of piperidine rings is 1. The molecule has 4 atom stereocenters. The van der Waals surface area contributed by atoms with Crippen molar-refractivity contribution < 1.29 is 13.7 Å². The van der Waals surface area contributed by atoms with Crippen LogP contribution in [0.5, 0.6) is 0 Å². The molecule has 8 nitrogen and oxygen atoms in total. The summed E-state index contributed by atoms with van der Waals surface area (Å²) in [6.07, 6.45) is 1.06. The van der Waals surface area contributed by atoms with E-state index in [1.54, 1.807) is 0 Å². The zero-order valence-corrected chi connectivity index (χ0v) is 21.2. The Morgan fingerprint density at radius 1 is 1.20 bits per heavy atom. The van der Waals surface area contributed by atoms with Crippen molar-refractivity contribution in [2.45, 2.75) is 76.5 Å². The maximum absolute atomic E-state index is 13.4. The van der Waals surface area contributed by atoms with E-state index in [0.717, 1.165) is 50.4 Å². The van der Waals surface area contributed by atoms with Crippen LogP contribution in [0.4, 0.5) is 20.6 Å². The number of para-hydroxylation sites is 2. The molecule has 2 saturated heterocycles. The summed E-state index contributed by atoms with van der Waals surface area (Å²) in [4.78, 5) is 24.6. The Balaban J connectivity index is 1.22. The molecule has 1 aromatic heterocycles. The number of urea groups is 1. The van der Waals surface area contributed by atoms with E-state index < -0.39 is 6.17 Å². The van der Waals surface area contributed by atoms with Gasteiger partial charge in [-0.2, -0.15) is 4.98 Å². The first kappa shape index (κ1) is 24.0. The fourth-order valence-corrected chi connectivity index (χ4v) is 5.53. The fraction of sp³-hybridized carbons (Fsp3) is 0.654. The number of aromatic nitrogens is 2. The summed E-state index contributed by atoms with van der Waals surface area (Å²) in [5.41, 5.74) is 1.63. The van der Waals surface area contributed by atoms with E-state index in [2.05, 4.69) is 59.0 Å². The number of carbonyl (C=O) groups excluding carboxylic acids is 1. The van der Waals surface area contributed by atoms with Crippen molar-refractivity contribution in [1.82, 2.24) is 19.9 Å². The zero-order chi connectivity index (χ0) is 24.7. The maximum Gasteiger partial charge on any atom is 0.322 e. The molecule has 0 spiro atoms. The van der Waals surface area contributed by atoms with Crippen LogP contribution in [0.25, 0.3) is 0 Å². The fourth-order valence-electron chi connectivity index (χ4n) is 5.53. The van der Waals surface area contributed by atoms with Crippen LogP contribution in [0.3, 0.4) is 0 Å². The van der Waals surface area contributed by atoms with Gasteiger partial charge in [-0.3, -0.25) is 4.90 Å². The summed E-state index contributed by atoms with van der Waals surface area (Å²) in [6.45, 7) is 13.2. The summed E-state index contributed by atoms with van der Waals surface area (Å²) < 4.78 is 18.8. The molecular weight excluding hydrogens is 447 g/mol. The average Bonchev–Trinajstić information content (AvgIpc) is 3.35. The van der Waals surface area contributed by atoms with Crippen molar-refractivity contribution in [3.8, 4) is 0 Å². The standard InChI is InChI=1S/C26H37FN6O2/c1-17(2)31-11-13-32(14-12-31)22-8-6-5-7-21(22)28-25(34)33-10-9-26(4,16-18(33)3)24-29-23(35-30-24)19-15-20(19)27/h5-8,17-20H,9-16H2,1-4H3,(H,28,34)/t18-,19+,20-,26-/m0/s1. The Hall–Kier alpha value is -2.68. The number of amides is 2. The third kappa shape index (κ3) is 4.87. The predicted molar refractivity (Wildman–Crippen MR) is 134 cm³/mol. The van der Waals surface area contributed by atoms with Crippen molar-refractivity contribution in [2.24, 2.45) is 0 Å². The second-order valence-electron chi connectivity index (χ2n) is 10.9. The number of nitrogens with one attached hydrogen (secondary N) is 1. The van der Waals surface area contributed by atoms with Gasteiger partial charge in [-0.05, 0) is 52.2 Å². The molecule has 2 aromatic rings. The number of piperazine rings is 1. The highest BCUT2D eigenvalue weighted by Crippen LogP contribution is 2.44. The van der Waals surface area contributed by atoms with Crippen molar-refractivity contribution in [3.63, 3.8) is 0 Å². The number of likely N-dealkylation sites (tertiary alicyclic amines) is 1. The minimum atomic E-state index is -0.859. The molecule has 1 saturated carbocycles. The molecule has 0 bridgehead atoms. The zero-order valence-electron chi connectivity index (χ0n) is 21.2. The topological polar surface area (TPSA) is 77.7 Å². The number of nitrogens with zero attached hydrogens (tertiary/aromatic N) is 5. The summed E-state index contributed by atoms with van der Waals surface area (Å²) in [5.74, 6) is 0.799. The highest BCUT2D eigenvalue weighted by Gasteiger charge is 2.46. The molecule has 1 aliphatic carbocycles. The molecule has 3 heterocycles. The van der Waals surface area contributed by atoms with Crippen molar-refractivity contribution in [2.75, 3.05) is 42.9 Å². The summed E-state index contributed by atoms with van der Waals surface area (Å²) >= 11 is 0. The maximum atomic E-state index is 13.4. The first-order valence-corrected chi connectivity index (χ1v) is 12.9. The lowest BCUT2D eigenvalue weighted by Gasteiger charge is -2.42. The summed E-state index contributed by atoms with van der Waals surface area (Å²) in [6, 6.07) is 8.54. The molecule has 35 heavy (non-hydrogen) atoms. The third-order valence-corrected chi connectivity index (χ3v) is 7.99. The lowest BCUT2D eigenvalue weighted by atomic mass is 9.76. The van der Waals surface area contributed by atoms with E-state index in [1.165, 1.54) is 0 Å². The monoisotopic (exact) mass is 484 g/mol. The first-order valence-electron chi connectivity index (χ1n) is 12.9. The number of anilines is 2. The minimum Gasteiger partial charge on any atom is -0.367 e. The first-order chi connectivity index (χ1) is 16.7. The van der Waals surface area contributed by atoms with Gasteiger partial charge in [0.2, 0.25) is 5.89 Å². The largest absolute Gasteiger partial charge is 0.367 e. The van der Waals surface area contributed by atoms with Crippen LogP contribution in [0.1, 0.15) is 64.6 Å². The number of benzene rings is 1. The van der Waals surface area contributed by atoms with Gasteiger partial charge < -0.3 is 19.6 Å². The van der Waals surface area contributed by atoms with E-state index in [-0.39, 0.29) is 23.4 Å². The van der Waals surface area contributed by atoms with Crippen LogP contribution in [0.15, 0.2) is 28.8 Å². The van der Waals surface area contributed by atoms with E-state index in [1.807, 2.05) is 23.1 Å². The van der Waals surface area contributed by atoms with Gasteiger partial charge in [0.1, 0.15) is 6.17 Å². The van der Waals surface area contributed by atoms with Gasteiger partial charge in [-0.15, -0.1) is 0 Å². The lowest BCUT2D eigenvalue weighted by molar-refractivity contribution is 0.130. The number of halogens is 1. The Kier molecular flexibility index (Phi) is 6.46. The van der Waals surface area contributed by atoms with Gasteiger partial charge in [-0.25, -0.2) is 9.18 Å². The van der Waals surface area contributed by atoms with Crippen LogP contribution in [-0.4, -0.2) is 77.0 Å². The number of alkyl halides is 1. The molecule has 0 unspecified atom stereocenters. The van der Waals surface area contributed by atoms with Crippen LogP contribution < -0.4 is 10.2 Å². The Labute approximate surface area is 206 Å². The molecule has 2 amide bonds. The van der Waals surface area contributed by atoms with Crippen LogP contribution in [0.2, 0.25) is 0 Å². The average molecular weight is 485 g/mol. The Morgan fingerprint density at radius 2 is 1.91 bits per heavy atom. The second-order valence-corrected chi connectivity index (χ2v) is 10.9. The molecule has 5 rings (SSSR count). The third-order valence-electron chi connectivity index (χ3n) is 7.99. The Morgan fingerprint density at radius 3 is 2.57 bits per heavy atom. The van der Waals surface area contributed by atoms with Gasteiger partial charge in [0.15, 0.2) is 5.82 Å². The van der Waals surface area contributed by atoms with Crippen LogP contribution >= 0.6 is 0 Å². The van der Waals surface area contributed by atoms with Crippen molar-refractivity contribution in [1.29, 1.82) is 0 Å². The Bertz CT molecular complexity index is 1050. The van der Waals surface area contributed by atoms with Crippen LogP contribution in [-0.2, 0) is 5.41 Å². The molecule has 0 radical (unpaired) electrons. The van der Waals surface area contributed by atoms with E-state index in [9.17, 15) is 9.18 Å². The molecule has 2 aliphatic heterocycles. The number of hydrogen-bond donors (Lipinski definition) is 1. The molecular formula is C26H37FN6O2. The molecule has 190 valence electrons. The van der Waals surface area contributed by atoms with E-state index in [0.29, 0.717) is 30.7 Å².